The van der Waals surface area contributed by atoms with Gasteiger partial charge in [-0.3, -0.25) is 4.79 Å². The topological polar surface area (TPSA) is 62.2 Å². The number of fused-ring (bicyclic) bond motifs is 1. The lowest BCUT2D eigenvalue weighted by Gasteiger charge is -2.22. The van der Waals surface area contributed by atoms with Crippen molar-refractivity contribution in [3.63, 3.8) is 0 Å². The van der Waals surface area contributed by atoms with Crippen molar-refractivity contribution in [3.05, 3.63) is 63.4 Å². The fourth-order valence-corrected chi connectivity index (χ4v) is 3.21. The lowest BCUT2D eigenvalue weighted by atomic mass is 10.0. The van der Waals surface area contributed by atoms with Crippen LogP contribution in [0.3, 0.4) is 0 Å². The molecule has 2 heterocycles. The summed E-state index contributed by atoms with van der Waals surface area (Å²) in [4.78, 5) is 17.3. The maximum absolute atomic E-state index is 12.3. The van der Waals surface area contributed by atoms with E-state index in [1.54, 1.807) is 31.2 Å². The lowest BCUT2D eigenvalue weighted by Crippen LogP contribution is -2.38. The molecule has 6 heteroatoms. The van der Waals surface area contributed by atoms with E-state index in [0.29, 0.717) is 10.7 Å². The monoisotopic (exact) mass is 346 g/mol. The normalized spacial score (nSPS) is 13.7. The first-order chi connectivity index (χ1) is 11.0. The number of pyridine rings is 1. The first kappa shape index (κ1) is 15.9. The van der Waals surface area contributed by atoms with Gasteiger partial charge >= 0.3 is 0 Å². The molecule has 3 aromatic rings. The summed E-state index contributed by atoms with van der Waals surface area (Å²) in [5.74, 6) is -0.237. The van der Waals surface area contributed by atoms with Gasteiger partial charge in [-0.15, -0.1) is 11.3 Å². The zero-order valence-electron chi connectivity index (χ0n) is 12.4. The first-order valence-electron chi connectivity index (χ1n) is 7.06. The zero-order valence-corrected chi connectivity index (χ0v) is 14.0. The van der Waals surface area contributed by atoms with Crippen LogP contribution in [0.2, 0.25) is 5.15 Å². The van der Waals surface area contributed by atoms with Crippen LogP contribution in [0.25, 0.3) is 10.9 Å². The number of thiophene rings is 1. The Morgan fingerprint density at radius 1 is 1.35 bits per heavy atom. The van der Waals surface area contributed by atoms with Gasteiger partial charge in [-0.25, -0.2) is 4.98 Å². The van der Waals surface area contributed by atoms with E-state index in [1.165, 1.54) is 11.3 Å². The summed E-state index contributed by atoms with van der Waals surface area (Å²) in [7, 11) is 0. The number of amides is 1. The molecule has 2 aromatic heterocycles. The van der Waals surface area contributed by atoms with Crippen LogP contribution in [0.5, 0.6) is 0 Å². The van der Waals surface area contributed by atoms with Gasteiger partial charge in [0.1, 0.15) is 10.8 Å². The Labute approximate surface area is 142 Å². The number of hydrogen-bond acceptors (Lipinski definition) is 4. The van der Waals surface area contributed by atoms with Gasteiger partial charge in [0.2, 0.25) is 0 Å². The Balaban J connectivity index is 1.74. The summed E-state index contributed by atoms with van der Waals surface area (Å²) >= 11 is 7.31. The van der Waals surface area contributed by atoms with Crippen molar-refractivity contribution in [3.8, 4) is 0 Å². The van der Waals surface area contributed by atoms with Gasteiger partial charge in [0.15, 0.2) is 0 Å². The number of nitrogens with one attached hydrogen (secondary N) is 1. The molecule has 1 amide bonds. The molecular weight excluding hydrogens is 332 g/mol. The molecule has 23 heavy (non-hydrogen) atoms. The molecular formula is C17H15ClN2O2S. The molecule has 0 bridgehead atoms. The third-order valence-electron chi connectivity index (χ3n) is 3.56. The fourth-order valence-electron chi connectivity index (χ4n) is 2.27. The van der Waals surface area contributed by atoms with Crippen LogP contribution in [-0.2, 0) is 5.60 Å². The van der Waals surface area contributed by atoms with Crippen molar-refractivity contribution in [1.82, 2.24) is 10.3 Å². The van der Waals surface area contributed by atoms with Gasteiger partial charge in [0.25, 0.3) is 5.91 Å². The minimum atomic E-state index is -1.09. The average Bonchev–Trinajstić information content (AvgIpc) is 3.07. The summed E-state index contributed by atoms with van der Waals surface area (Å²) in [5, 5.41) is 16.4. The Morgan fingerprint density at radius 2 is 2.17 bits per heavy atom. The molecule has 0 radical (unpaired) electrons. The van der Waals surface area contributed by atoms with Gasteiger partial charge in [0, 0.05) is 15.8 Å². The highest BCUT2D eigenvalue weighted by molar-refractivity contribution is 7.10. The van der Waals surface area contributed by atoms with E-state index in [2.05, 4.69) is 10.3 Å². The van der Waals surface area contributed by atoms with Crippen LogP contribution < -0.4 is 5.32 Å². The van der Waals surface area contributed by atoms with Crippen molar-refractivity contribution in [2.75, 3.05) is 6.54 Å². The van der Waals surface area contributed by atoms with Crippen molar-refractivity contribution >= 4 is 39.7 Å². The molecule has 0 aliphatic carbocycles. The number of carbonyl (C=O) groups is 1. The van der Waals surface area contributed by atoms with E-state index >= 15 is 0 Å². The molecule has 0 aliphatic heterocycles. The van der Waals surface area contributed by atoms with Crippen molar-refractivity contribution < 1.29 is 9.90 Å². The standard InChI is InChI=1S/C17H15ClN2O2S/c1-17(22,14-3-2-8-23-14)10-19-16(21)12-4-6-13-11(9-12)5-7-15(18)20-13/h2-9,22H,10H2,1H3,(H,19,21). The smallest absolute Gasteiger partial charge is 0.251 e. The highest BCUT2D eigenvalue weighted by Crippen LogP contribution is 2.24. The lowest BCUT2D eigenvalue weighted by molar-refractivity contribution is 0.0557. The third kappa shape index (κ3) is 3.52. The molecule has 1 unspecified atom stereocenters. The first-order valence-corrected chi connectivity index (χ1v) is 8.32. The van der Waals surface area contributed by atoms with Crippen LogP contribution in [0.1, 0.15) is 22.2 Å². The number of benzene rings is 1. The number of aromatic nitrogens is 1. The van der Waals surface area contributed by atoms with E-state index in [4.69, 9.17) is 11.6 Å². The van der Waals surface area contributed by atoms with E-state index in [9.17, 15) is 9.90 Å². The maximum Gasteiger partial charge on any atom is 0.251 e. The predicted molar refractivity (Wildman–Crippen MR) is 93.0 cm³/mol. The predicted octanol–water partition coefficient (Wildman–Crippen LogP) is 3.59. The number of aliphatic hydroxyl groups is 1. The molecule has 2 N–H and O–H groups in total. The number of carbonyl (C=O) groups excluding carboxylic acids is 1. The Hall–Kier alpha value is -1.95. The summed E-state index contributed by atoms with van der Waals surface area (Å²) in [5.41, 5.74) is 0.165. The average molecular weight is 347 g/mol. The minimum Gasteiger partial charge on any atom is -0.383 e. The fraction of sp³-hybridized carbons (Fsp3) is 0.176. The maximum atomic E-state index is 12.3. The summed E-state index contributed by atoms with van der Waals surface area (Å²) in [6, 6.07) is 12.4. The zero-order chi connectivity index (χ0) is 16.4. The molecule has 1 atom stereocenters. The van der Waals surface area contributed by atoms with Gasteiger partial charge in [0.05, 0.1) is 12.1 Å². The second-order valence-corrected chi connectivity index (χ2v) is 6.81. The number of halogens is 1. The molecule has 3 rings (SSSR count). The minimum absolute atomic E-state index is 0.142. The van der Waals surface area contributed by atoms with Crippen LogP contribution >= 0.6 is 22.9 Å². The molecule has 0 saturated carbocycles. The Morgan fingerprint density at radius 3 is 2.91 bits per heavy atom. The van der Waals surface area contributed by atoms with E-state index < -0.39 is 5.60 Å². The summed E-state index contributed by atoms with van der Waals surface area (Å²) in [6.07, 6.45) is 0. The second-order valence-electron chi connectivity index (χ2n) is 5.48. The van der Waals surface area contributed by atoms with Gasteiger partial charge in [-0.1, -0.05) is 17.7 Å². The molecule has 0 spiro atoms. The number of hydrogen-bond donors (Lipinski definition) is 2. The molecule has 0 fully saturated rings. The van der Waals surface area contributed by atoms with Gasteiger partial charge in [-0.05, 0) is 48.7 Å². The number of rotatable bonds is 4. The largest absolute Gasteiger partial charge is 0.383 e. The van der Waals surface area contributed by atoms with Crippen LogP contribution in [0.15, 0.2) is 47.8 Å². The van der Waals surface area contributed by atoms with Crippen molar-refractivity contribution in [2.45, 2.75) is 12.5 Å². The second kappa shape index (κ2) is 6.28. The molecule has 0 saturated heterocycles. The molecule has 0 aliphatic rings. The van der Waals surface area contributed by atoms with Crippen LogP contribution in [0.4, 0.5) is 0 Å². The quantitative estimate of drug-likeness (QED) is 0.710. The highest BCUT2D eigenvalue weighted by Gasteiger charge is 2.25. The summed E-state index contributed by atoms with van der Waals surface area (Å²) in [6.45, 7) is 1.83. The molecule has 118 valence electrons. The van der Waals surface area contributed by atoms with Crippen LogP contribution in [-0.4, -0.2) is 22.5 Å². The van der Waals surface area contributed by atoms with Crippen molar-refractivity contribution in [1.29, 1.82) is 0 Å². The molecule has 4 nitrogen and oxygen atoms in total. The Bertz CT molecular complexity index is 847. The van der Waals surface area contributed by atoms with Gasteiger partial charge in [-0.2, -0.15) is 0 Å². The number of nitrogens with zero attached hydrogens (tertiary/aromatic N) is 1. The van der Waals surface area contributed by atoms with Crippen LogP contribution in [0, 0.1) is 0 Å². The van der Waals surface area contributed by atoms with Crippen molar-refractivity contribution in [2.24, 2.45) is 0 Å². The highest BCUT2D eigenvalue weighted by atomic mass is 35.5. The molecule has 1 aromatic carbocycles. The third-order valence-corrected chi connectivity index (χ3v) is 4.90. The van der Waals surface area contributed by atoms with Gasteiger partial charge < -0.3 is 10.4 Å². The SMILES string of the molecule is CC(O)(CNC(=O)c1ccc2nc(Cl)ccc2c1)c1cccs1. The summed E-state index contributed by atoms with van der Waals surface area (Å²) < 4.78 is 0. The van der Waals surface area contributed by atoms with E-state index in [0.717, 1.165) is 15.8 Å². The van der Waals surface area contributed by atoms with E-state index in [1.807, 2.05) is 23.6 Å². The Kier molecular flexibility index (Phi) is 4.35. The van der Waals surface area contributed by atoms with E-state index in [-0.39, 0.29) is 12.5 Å².